The van der Waals surface area contributed by atoms with E-state index in [4.69, 9.17) is 0 Å². The molecule has 0 saturated heterocycles. The molecule has 3 rings (SSSR count). The third-order valence-electron chi connectivity index (χ3n) is 4.70. The number of benzene rings is 2. The smallest absolute Gasteiger partial charge is 0.310 e. The van der Waals surface area contributed by atoms with Gasteiger partial charge in [-0.25, -0.2) is 4.39 Å². The number of halogens is 1. The van der Waals surface area contributed by atoms with Gasteiger partial charge in [-0.3, -0.25) is 9.00 Å². The molecule has 2 atom stereocenters. The number of carboxylic acid groups (broad SMARTS) is 1. The second-order valence-corrected chi connectivity index (χ2v) is 7.75. The Morgan fingerprint density at radius 1 is 1.15 bits per heavy atom. The Kier molecular flexibility index (Phi) is 4.92. The quantitative estimate of drug-likeness (QED) is 0.855. The zero-order valence-corrected chi connectivity index (χ0v) is 15.6. The van der Waals surface area contributed by atoms with E-state index in [0.29, 0.717) is 11.1 Å². The SMILES string of the molecule is CC1=C(C(C)C(=O)O)c2cc(F)ccc2/C1=C/c1ccc(S(C)=O)cc1. The van der Waals surface area contributed by atoms with Crippen LogP contribution in [0.5, 0.6) is 0 Å². The average molecular weight is 370 g/mol. The Morgan fingerprint density at radius 3 is 2.38 bits per heavy atom. The highest BCUT2D eigenvalue weighted by Gasteiger charge is 2.30. The first-order valence-electron chi connectivity index (χ1n) is 8.19. The molecule has 0 fully saturated rings. The number of carboxylic acids is 1. The van der Waals surface area contributed by atoms with Gasteiger partial charge in [0.25, 0.3) is 0 Å². The summed E-state index contributed by atoms with van der Waals surface area (Å²) in [5.41, 5.74) is 4.74. The third-order valence-corrected chi connectivity index (χ3v) is 5.63. The Morgan fingerprint density at radius 2 is 1.81 bits per heavy atom. The maximum absolute atomic E-state index is 13.8. The fourth-order valence-corrected chi connectivity index (χ4v) is 3.83. The monoisotopic (exact) mass is 370 g/mol. The molecule has 2 unspecified atom stereocenters. The van der Waals surface area contributed by atoms with E-state index in [1.807, 2.05) is 37.3 Å². The molecule has 0 heterocycles. The minimum atomic E-state index is -1.04. The summed E-state index contributed by atoms with van der Waals surface area (Å²) in [6.07, 6.45) is 3.58. The molecular formula is C21H19FO3S. The number of fused-ring (bicyclic) bond motifs is 1. The summed E-state index contributed by atoms with van der Waals surface area (Å²) in [6.45, 7) is 3.48. The van der Waals surface area contributed by atoms with Crippen molar-refractivity contribution >= 4 is 34.0 Å². The molecule has 26 heavy (non-hydrogen) atoms. The molecular weight excluding hydrogens is 351 g/mol. The van der Waals surface area contributed by atoms with Crippen molar-refractivity contribution in [2.45, 2.75) is 18.7 Å². The molecule has 1 aliphatic rings. The number of rotatable bonds is 4. The van der Waals surface area contributed by atoms with Crippen LogP contribution in [-0.2, 0) is 15.6 Å². The van der Waals surface area contributed by atoms with Gasteiger partial charge in [0.15, 0.2) is 0 Å². The first-order valence-corrected chi connectivity index (χ1v) is 9.75. The number of allylic oxidation sites excluding steroid dienone is 2. The summed E-state index contributed by atoms with van der Waals surface area (Å²) >= 11 is 0. The van der Waals surface area contributed by atoms with Crippen LogP contribution >= 0.6 is 0 Å². The van der Waals surface area contributed by atoms with Crippen LogP contribution in [0.1, 0.15) is 30.5 Å². The maximum Gasteiger partial charge on any atom is 0.310 e. The molecule has 1 aliphatic carbocycles. The molecule has 0 aromatic heterocycles. The highest BCUT2D eigenvalue weighted by Crippen LogP contribution is 2.45. The molecule has 5 heteroatoms. The molecule has 0 bridgehead atoms. The maximum atomic E-state index is 13.8. The van der Waals surface area contributed by atoms with Crippen molar-refractivity contribution in [1.29, 1.82) is 0 Å². The first kappa shape index (κ1) is 18.3. The van der Waals surface area contributed by atoms with Crippen LogP contribution < -0.4 is 0 Å². The fourth-order valence-electron chi connectivity index (χ4n) is 3.31. The second-order valence-electron chi connectivity index (χ2n) is 6.37. The summed E-state index contributed by atoms with van der Waals surface area (Å²) in [6, 6.07) is 11.8. The molecule has 0 spiro atoms. The van der Waals surface area contributed by atoms with Crippen molar-refractivity contribution in [3.63, 3.8) is 0 Å². The standard InChI is InChI=1S/C21H19FO3S/c1-12-18(10-14-4-7-16(8-5-14)26(3)25)17-9-6-15(22)11-19(17)20(12)13(2)21(23)24/h4-11,13H,1-3H3,(H,23,24)/b18-10+. The molecule has 134 valence electrons. The highest BCUT2D eigenvalue weighted by molar-refractivity contribution is 7.84. The topological polar surface area (TPSA) is 54.4 Å². The summed E-state index contributed by atoms with van der Waals surface area (Å²) in [5, 5.41) is 9.44. The normalized spacial score (nSPS) is 17.3. The summed E-state index contributed by atoms with van der Waals surface area (Å²) in [5.74, 6) is -2.06. The van der Waals surface area contributed by atoms with Gasteiger partial charge in [0.2, 0.25) is 0 Å². The molecule has 2 aromatic carbocycles. The molecule has 2 aromatic rings. The van der Waals surface area contributed by atoms with Crippen LogP contribution in [0, 0.1) is 11.7 Å². The van der Waals surface area contributed by atoms with E-state index in [9.17, 15) is 18.5 Å². The van der Waals surface area contributed by atoms with Crippen LogP contribution in [0.15, 0.2) is 52.9 Å². The largest absolute Gasteiger partial charge is 0.481 e. The molecule has 0 amide bonds. The minimum Gasteiger partial charge on any atom is -0.481 e. The van der Waals surface area contributed by atoms with E-state index in [2.05, 4.69) is 0 Å². The van der Waals surface area contributed by atoms with Crippen molar-refractivity contribution < 1.29 is 18.5 Å². The first-order chi connectivity index (χ1) is 12.3. The lowest BCUT2D eigenvalue weighted by Gasteiger charge is -2.11. The molecule has 0 saturated carbocycles. The lowest BCUT2D eigenvalue weighted by atomic mass is 9.94. The van der Waals surface area contributed by atoms with Crippen LogP contribution in [0.25, 0.3) is 17.2 Å². The van der Waals surface area contributed by atoms with Crippen LogP contribution in [0.3, 0.4) is 0 Å². The second kappa shape index (κ2) is 7.00. The molecule has 0 radical (unpaired) electrons. The minimum absolute atomic E-state index is 0.386. The van der Waals surface area contributed by atoms with E-state index in [-0.39, 0.29) is 5.82 Å². The summed E-state index contributed by atoms with van der Waals surface area (Å²) < 4.78 is 25.3. The van der Waals surface area contributed by atoms with Crippen molar-refractivity contribution in [3.8, 4) is 0 Å². The van der Waals surface area contributed by atoms with Gasteiger partial charge in [0.05, 0.1) is 5.92 Å². The van der Waals surface area contributed by atoms with E-state index < -0.39 is 22.7 Å². The Hall–Kier alpha value is -2.53. The summed E-state index contributed by atoms with van der Waals surface area (Å²) in [7, 11) is -1.04. The summed E-state index contributed by atoms with van der Waals surface area (Å²) in [4.78, 5) is 12.3. The predicted octanol–water partition coefficient (Wildman–Crippen LogP) is 4.61. The Bertz CT molecular complexity index is 971. The number of aliphatic carboxylic acids is 1. The van der Waals surface area contributed by atoms with Gasteiger partial charge in [-0.15, -0.1) is 0 Å². The lowest BCUT2D eigenvalue weighted by Crippen LogP contribution is -2.11. The predicted molar refractivity (Wildman–Crippen MR) is 102 cm³/mol. The van der Waals surface area contributed by atoms with E-state index in [1.165, 1.54) is 12.1 Å². The van der Waals surface area contributed by atoms with Crippen LogP contribution in [0.2, 0.25) is 0 Å². The van der Waals surface area contributed by atoms with Gasteiger partial charge >= 0.3 is 5.97 Å². The zero-order valence-electron chi connectivity index (χ0n) is 14.7. The van der Waals surface area contributed by atoms with Gasteiger partial charge in [0.1, 0.15) is 5.82 Å². The number of hydrogen-bond acceptors (Lipinski definition) is 2. The highest BCUT2D eigenvalue weighted by atomic mass is 32.2. The van der Waals surface area contributed by atoms with Crippen molar-refractivity contribution in [3.05, 3.63) is 70.5 Å². The van der Waals surface area contributed by atoms with Gasteiger partial charge in [0, 0.05) is 22.0 Å². The van der Waals surface area contributed by atoms with Gasteiger partial charge in [-0.1, -0.05) is 18.2 Å². The van der Waals surface area contributed by atoms with Gasteiger partial charge in [-0.05, 0) is 77.6 Å². The Labute approximate surface area is 154 Å². The Balaban J connectivity index is 2.15. The van der Waals surface area contributed by atoms with Crippen molar-refractivity contribution in [2.24, 2.45) is 5.92 Å². The van der Waals surface area contributed by atoms with Gasteiger partial charge in [-0.2, -0.15) is 0 Å². The zero-order chi connectivity index (χ0) is 19.0. The van der Waals surface area contributed by atoms with E-state index in [1.54, 1.807) is 19.2 Å². The molecule has 0 aliphatic heterocycles. The van der Waals surface area contributed by atoms with E-state index in [0.717, 1.165) is 27.2 Å². The average Bonchev–Trinajstić information content (AvgIpc) is 2.86. The molecule has 1 N–H and O–H groups in total. The van der Waals surface area contributed by atoms with Crippen molar-refractivity contribution in [2.75, 3.05) is 6.26 Å². The van der Waals surface area contributed by atoms with E-state index >= 15 is 0 Å². The lowest BCUT2D eigenvalue weighted by molar-refractivity contribution is -0.139. The number of carbonyl (C=O) groups is 1. The van der Waals surface area contributed by atoms with Crippen molar-refractivity contribution in [1.82, 2.24) is 0 Å². The fraction of sp³-hybridized carbons (Fsp3) is 0.190. The van der Waals surface area contributed by atoms with Crippen LogP contribution in [-0.4, -0.2) is 21.5 Å². The third kappa shape index (κ3) is 3.27. The molecule has 3 nitrogen and oxygen atoms in total. The van der Waals surface area contributed by atoms with Gasteiger partial charge < -0.3 is 5.11 Å². The number of hydrogen-bond donors (Lipinski definition) is 1. The van der Waals surface area contributed by atoms with Crippen LogP contribution in [0.4, 0.5) is 4.39 Å².